The van der Waals surface area contributed by atoms with Crippen LogP contribution in [0, 0.1) is 0 Å². The molecule has 2 aliphatic rings. The van der Waals surface area contributed by atoms with Crippen molar-refractivity contribution in [3.8, 4) is 0 Å². The lowest BCUT2D eigenvalue weighted by atomic mass is 10.1. The Balaban J connectivity index is 1.85. The molecule has 0 saturated carbocycles. The number of amides is 1. The predicted molar refractivity (Wildman–Crippen MR) is 70.4 cm³/mol. The topological polar surface area (TPSA) is 47.0 Å². The fourth-order valence-corrected chi connectivity index (χ4v) is 3.06. The van der Waals surface area contributed by atoms with E-state index in [4.69, 9.17) is 0 Å². The molecular formula is C13H25N3O2. The van der Waals surface area contributed by atoms with Crippen LogP contribution in [0.1, 0.15) is 19.8 Å². The molecule has 2 rings (SSSR count). The number of likely N-dealkylation sites (N-methyl/N-ethyl adjacent to an activating group) is 1. The molecule has 5 heteroatoms. The molecule has 18 heavy (non-hydrogen) atoms. The predicted octanol–water partition coefficient (Wildman–Crippen LogP) is -0.394. The van der Waals surface area contributed by atoms with Crippen molar-refractivity contribution in [2.45, 2.75) is 31.8 Å². The van der Waals surface area contributed by atoms with Gasteiger partial charge in [0.15, 0.2) is 0 Å². The van der Waals surface area contributed by atoms with E-state index < -0.39 is 0 Å². The molecule has 2 atom stereocenters. The van der Waals surface area contributed by atoms with Gasteiger partial charge >= 0.3 is 0 Å². The van der Waals surface area contributed by atoms with Crippen molar-refractivity contribution in [2.75, 3.05) is 46.4 Å². The van der Waals surface area contributed by atoms with Crippen LogP contribution in [0.3, 0.4) is 0 Å². The molecule has 0 bridgehead atoms. The van der Waals surface area contributed by atoms with E-state index in [-0.39, 0.29) is 24.6 Å². The molecule has 0 aromatic rings. The third kappa shape index (κ3) is 2.68. The van der Waals surface area contributed by atoms with E-state index in [1.807, 2.05) is 11.9 Å². The molecule has 5 nitrogen and oxygen atoms in total. The number of aliphatic hydroxyl groups excluding tert-OH is 1. The number of likely N-dealkylation sites (tertiary alicyclic amines) is 1. The van der Waals surface area contributed by atoms with Crippen molar-refractivity contribution >= 4 is 5.91 Å². The summed E-state index contributed by atoms with van der Waals surface area (Å²) < 4.78 is 0. The number of carbonyl (C=O) groups is 1. The summed E-state index contributed by atoms with van der Waals surface area (Å²) in [7, 11) is 1.89. The quantitative estimate of drug-likeness (QED) is 0.743. The van der Waals surface area contributed by atoms with Gasteiger partial charge in [-0.25, -0.2) is 0 Å². The molecule has 0 aromatic heterocycles. The Bertz CT molecular complexity index is 286. The average molecular weight is 255 g/mol. The van der Waals surface area contributed by atoms with Gasteiger partial charge in [0.1, 0.15) is 0 Å². The maximum Gasteiger partial charge on any atom is 0.239 e. The van der Waals surface area contributed by atoms with E-state index in [2.05, 4.69) is 16.7 Å². The van der Waals surface area contributed by atoms with Crippen molar-refractivity contribution < 1.29 is 9.90 Å². The summed E-state index contributed by atoms with van der Waals surface area (Å²) >= 11 is 0. The van der Waals surface area contributed by atoms with E-state index in [0.717, 1.165) is 45.6 Å². The first kappa shape index (κ1) is 13.8. The Morgan fingerprint density at radius 2 is 1.94 bits per heavy atom. The summed E-state index contributed by atoms with van der Waals surface area (Å²) in [5.74, 6) is 0.276. The highest BCUT2D eigenvalue weighted by Gasteiger charge is 2.35. The van der Waals surface area contributed by atoms with Crippen LogP contribution in [-0.4, -0.2) is 84.2 Å². The second-order valence-electron chi connectivity index (χ2n) is 5.38. The monoisotopic (exact) mass is 255 g/mol. The number of piperazine rings is 1. The molecule has 1 amide bonds. The Labute approximate surface area is 109 Å². The minimum atomic E-state index is 0.103. The van der Waals surface area contributed by atoms with Crippen molar-refractivity contribution in [2.24, 2.45) is 0 Å². The standard InChI is InChI=1S/C13H25N3O2/c1-3-11(10-17)15-6-8-16(9-7-15)12-4-5-14(2)13(12)18/h11-12,17H,3-10H2,1-2H3/t11-,12+/m1/s1. The van der Waals surface area contributed by atoms with Gasteiger partial charge in [-0.15, -0.1) is 0 Å². The Morgan fingerprint density at radius 3 is 2.39 bits per heavy atom. The van der Waals surface area contributed by atoms with Gasteiger partial charge in [0.25, 0.3) is 0 Å². The molecule has 104 valence electrons. The zero-order valence-corrected chi connectivity index (χ0v) is 11.5. The fourth-order valence-electron chi connectivity index (χ4n) is 3.06. The second kappa shape index (κ2) is 5.99. The highest BCUT2D eigenvalue weighted by atomic mass is 16.3. The number of rotatable bonds is 4. The molecule has 0 radical (unpaired) electrons. The largest absolute Gasteiger partial charge is 0.395 e. The summed E-state index contributed by atoms with van der Waals surface area (Å²) in [6.45, 7) is 7.06. The summed E-state index contributed by atoms with van der Waals surface area (Å²) in [6, 6.07) is 0.389. The first-order valence-corrected chi connectivity index (χ1v) is 7.01. The Morgan fingerprint density at radius 1 is 1.28 bits per heavy atom. The lowest BCUT2D eigenvalue weighted by molar-refractivity contribution is -0.131. The van der Waals surface area contributed by atoms with Crippen LogP contribution in [0.15, 0.2) is 0 Å². The SMILES string of the molecule is CC[C@H](CO)N1CCN([C@H]2CCN(C)C2=O)CC1. The highest BCUT2D eigenvalue weighted by Crippen LogP contribution is 2.18. The highest BCUT2D eigenvalue weighted by molar-refractivity contribution is 5.83. The van der Waals surface area contributed by atoms with Crippen molar-refractivity contribution in [3.63, 3.8) is 0 Å². The minimum Gasteiger partial charge on any atom is -0.395 e. The van der Waals surface area contributed by atoms with Gasteiger partial charge in [-0.05, 0) is 12.8 Å². The lowest BCUT2D eigenvalue weighted by Crippen LogP contribution is -2.55. The van der Waals surface area contributed by atoms with E-state index in [0.29, 0.717) is 0 Å². The second-order valence-corrected chi connectivity index (χ2v) is 5.38. The fraction of sp³-hybridized carbons (Fsp3) is 0.923. The van der Waals surface area contributed by atoms with Crippen LogP contribution in [0.25, 0.3) is 0 Å². The van der Waals surface area contributed by atoms with Crippen LogP contribution in [0.2, 0.25) is 0 Å². The molecule has 2 saturated heterocycles. The Hall–Kier alpha value is -0.650. The first-order valence-electron chi connectivity index (χ1n) is 7.01. The maximum absolute atomic E-state index is 12.0. The van der Waals surface area contributed by atoms with E-state index >= 15 is 0 Å². The van der Waals surface area contributed by atoms with Gasteiger partial charge in [-0.1, -0.05) is 6.92 Å². The van der Waals surface area contributed by atoms with Crippen LogP contribution in [0.5, 0.6) is 0 Å². The van der Waals surface area contributed by atoms with Crippen LogP contribution in [-0.2, 0) is 4.79 Å². The minimum absolute atomic E-state index is 0.103. The molecule has 2 aliphatic heterocycles. The van der Waals surface area contributed by atoms with Crippen LogP contribution in [0.4, 0.5) is 0 Å². The van der Waals surface area contributed by atoms with Crippen molar-refractivity contribution in [3.05, 3.63) is 0 Å². The lowest BCUT2D eigenvalue weighted by Gasteiger charge is -2.40. The van der Waals surface area contributed by atoms with Crippen LogP contribution < -0.4 is 0 Å². The van der Waals surface area contributed by atoms with Gasteiger partial charge in [-0.3, -0.25) is 14.6 Å². The van der Waals surface area contributed by atoms with E-state index in [9.17, 15) is 9.90 Å². The van der Waals surface area contributed by atoms with E-state index in [1.165, 1.54) is 0 Å². The maximum atomic E-state index is 12.0. The number of hydrogen-bond acceptors (Lipinski definition) is 4. The molecule has 0 aromatic carbocycles. The molecule has 2 heterocycles. The molecule has 0 aliphatic carbocycles. The van der Waals surface area contributed by atoms with Crippen molar-refractivity contribution in [1.29, 1.82) is 0 Å². The number of hydrogen-bond donors (Lipinski definition) is 1. The Kier molecular flexibility index (Phi) is 4.59. The van der Waals surface area contributed by atoms with Crippen molar-refractivity contribution in [1.82, 2.24) is 14.7 Å². The summed E-state index contributed by atoms with van der Waals surface area (Å²) in [6.07, 6.45) is 1.95. The molecule has 2 fully saturated rings. The van der Waals surface area contributed by atoms with Gasteiger partial charge in [0.05, 0.1) is 12.6 Å². The normalized spacial score (nSPS) is 28.9. The first-order chi connectivity index (χ1) is 8.67. The van der Waals surface area contributed by atoms with Crippen LogP contribution >= 0.6 is 0 Å². The van der Waals surface area contributed by atoms with Gasteiger partial charge in [0.2, 0.25) is 5.91 Å². The molecule has 1 N–H and O–H groups in total. The molecule has 0 spiro atoms. The summed E-state index contributed by atoms with van der Waals surface area (Å²) in [5, 5.41) is 9.32. The molecular weight excluding hydrogens is 230 g/mol. The number of aliphatic hydroxyl groups is 1. The average Bonchev–Trinajstić information content (AvgIpc) is 2.73. The molecule has 0 unspecified atom stereocenters. The number of nitrogens with zero attached hydrogens (tertiary/aromatic N) is 3. The summed E-state index contributed by atoms with van der Waals surface area (Å²) in [5.41, 5.74) is 0. The van der Waals surface area contributed by atoms with E-state index in [1.54, 1.807) is 0 Å². The third-order valence-corrected chi connectivity index (χ3v) is 4.39. The number of carbonyl (C=O) groups excluding carboxylic acids is 1. The zero-order chi connectivity index (χ0) is 13.1. The van der Waals surface area contributed by atoms with Gasteiger partial charge < -0.3 is 10.0 Å². The smallest absolute Gasteiger partial charge is 0.239 e. The summed E-state index contributed by atoms with van der Waals surface area (Å²) in [4.78, 5) is 18.5. The zero-order valence-electron chi connectivity index (χ0n) is 11.5. The van der Waals surface area contributed by atoms with Gasteiger partial charge in [0, 0.05) is 45.8 Å². The third-order valence-electron chi connectivity index (χ3n) is 4.39. The van der Waals surface area contributed by atoms with Gasteiger partial charge in [-0.2, -0.15) is 0 Å².